The van der Waals surface area contributed by atoms with E-state index in [0.717, 1.165) is 39.0 Å². The summed E-state index contributed by atoms with van der Waals surface area (Å²) < 4.78 is 28.8. The predicted octanol–water partition coefficient (Wildman–Crippen LogP) is 3.44. The monoisotopic (exact) mass is 316 g/mol. The highest BCUT2D eigenvalue weighted by Gasteiger charge is 2.37. The molecular formula is C16H23ClF2N2. The largest absolute Gasteiger partial charge is 0.314 e. The first kappa shape index (κ1) is 16.7. The van der Waals surface area contributed by atoms with E-state index in [1.54, 1.807) is 6.92 Å². The molecule has 2 nitrogen and oxygen atoms in total. The standard InChI is InChI=1S/C16H22F2N2.ClH/c1-11-5-6-13(17)14(15(11)18)16(12-3-2-4-12)20-9-7-19-8-10-20;/h5-6,12,16,19H,2-4,7-10H2,1H3;1H/t16-;/m0./s1. The van der Waals surface area contributed by atoms with E-state index in [1.165, 1.54) is 18.6 Å². The minimum absolute atomic E-state index is 0. The zero-order chi connectivity index (χ0) is 14.1. The van der Waals surface area contributed by atoms with Crippen LogP contribution in [0.15, 0.2) is 12.1 Å². The highest BCUT2D eigenvalue weighted by atomic mass is 35.5. The van der Waals surface area contributed by atoms with Gasteiger partial charge in [0.2, 0.25) is 0 Å². The summed E-state index contributed by atoms with van der Waals surface area (Å²) >= 11 is 0. The molecule has 0 bridgehead atoms. The molecule has 3 rings (SSSR count). The third-order valence-corrected chi connectivity index (χ3v) is 4.76. The molecule has 118 valence electrons. The van der Waals surface area contributed by atoms with Crippen LogP contribution < -0.4 is 5.32 Å². The van der Waals surface area contributed by atoms with E-state index in [-0.39, 0.29) is 30.1 Å². The fourth-order valence-corrected chi connectivity index (χ4v) is 3.38. The molecule has 0 unspecified atom stereocenters. The van der Waals surface area contributed by atoms with E-state index in [4.69, 9.17) is 0 Å². The predicted molar refractivity (Wildman–Crippen MR) is 82.9 cm³/mol. The van der Waals surface area contributed by atoms with Crippen LogP contribution in [0.25, 0.3) is 0 Å². The fraction of sp³-hybridized carbons (Fsp3) is 0.625. The molecule has 0 amide bonds. The maximum atomic E-state index is 14.5. The van der Waals surface area contributed by atoms with Crippen LogP contribution in [0, 0.1) is 24.5 Å². The third kappa shape index (κ3) is 3.22. The first-order valence-corrected chi connectivity index (χ1v) is 7.57. The zero-order valence-electron chi connectivity index (χ0n) is 12.4. The summed E-state index contributed by atoms with van der Waals surface area (Å²) in [5.41, 5.74) is 0.845. The van der Waals surface area contributed by atoms with Gasteiger partial charge in [0, 0.05) is 37.8 Å². The average Bonchev–Trinajstić information content (AvgIpc) is 2.41. The van der Waals surface area contributed by atoms with Gasteiger partial charge in [-0.2, -0.15) is 0 Å². The van der Waals surface area contributed by atoms with Crippen LogP contribution in [-0.2, 0) is 0 Å². The lowest BCUT2D eigenvalue weighted by atomic mass is 9.75. The fourth-order valence-electron chi connectivity index (χ4n) is 3.38. The van der Waals surface area contributed by atoms with Crippen LogP contribution in [0.2, 0.25) is 0 Å². The number of hydrogen-bond donors (Lipinski definition) is 1. The molecule has 1 atom stereocenters. The molecule has 1 aromatic rings. The highest BCUT2D eigenvalue weighted by Crippen LogP contribution is 2.43. The second-order valence-electron chi connectivity index (χ2n) is 6.01. The molecule has 2 fully saturated rings. The van der Waals surface area contributed by atoms with Crippen molar-refractivity contribution in [3.8, 4) is 0 Å². The molecule has 0 radical (unpaired) electrons. The Morgan fingerprint density at radius 3 is 2.43 bits per heavy atom. The van der Waals surface area contributed by atoms with Crippen LogP contribution in [-0.4, -0.2) is 31.1 Å². The van der Waals surface area contributed by atoms with E-state index < -0.39 is 0 Å². The number of halogens is 3. The van der Waals surface area contributed by atoms with Gasteiger partial charge >= 0.3 is 0 Å². The maximum Gasteiger partial charge on any atom is 0.133 e. The molecule has 1 saturated heterocycles. The Morgan fingerprint density at radius 2 is 1.86 bits per heavy atom. The maximum absolute atomic E-state index is 14.5. The van der Waals surface area contributed by atoms with E-state index in [9.17, 15) is 8.78 Å². The molecule has 0 spiro atoms. The molecule has 0 aromatic heterocycles. The summed E-state index contributed by atoms with van der Waals surface area (Å²) in [5, 5.41) is 3.31. The van der Waals surface area contributed by atoms with Gasteiger partial charge in [0.05, 0.1) is 0 Å². The Balaban J connectivity index is 0.00000161. The van der Waals surface area contributed by atoms with Crippen LogP contribution >= 0.6 is 12.4 Å². The van der Waals surface area contributed by atoms with E-state index in [0.29, 0.717) is 17.0 Å². The van der Waals surface area contributed by atoms with E-state index >= 15 is 0 Å². The second-order valence-corrected chi connectivity index (χ2v) is 6.01. The summed E-state index contributed by atoms with van der Waals surface area (Å²) in [5.74, 6) is -0.331. The van der Waals surface area contributed by atoms with Crippen molar-refractivity contribution in [3.05, 3.63) is 34.9 Å². The average molecular weight is 317 g/mol. The number of aryl methyl sites for hydroxylation is 1. The smallest absolute Gasteiger partial charge is 0.133 e. The molecule has 21 heavy (non-hydrogen) atoms. The normalized spacial score (nSPS) is 21.5. The van der Waals surface area contributed by atoms with Crippen molar-refractivity contribution < 1.29 is 8.78 Å². The Labute approximate surface area is 131 Å². The lowest BCUT2D eigenvalue weighted by molar-refractivity contribution is 0.0784. The van der Waals surface area contributed by atoms with Crippen LogP contribution in [0.1, 0.15) is 36.4 Å². The first-order valence-electron chi connectivity index (χ1n) is 7.57. The zero-order valence-corrected chi connectivity index (χ0v) is 13.2. The number of hydrogen-bond acceptors (Lipinski definition) is 2. The van der Waals surface area contributed by atoms with Crippen LogP contribution in [0.3, 0.4) is 0 Å². The van der Waals surface area contributed by atoms with Crippen molar-refractivity contribution in [1.29, 1.82) is 0 Å². The minimum atomic E-state index is -0.386. The highest BCUT2D eigenvalue weighted by molar-refractivity contribution is 5.85. The van der Waals surface area contributed by atoms with Gasteiger partial charge in [-0.1, -0.05) is 12.5 Å². The van der Waals surface area contributed by atoms with Crippen molar-refractivity contribution in [1.82, 2.24) is 10.2 Å². The minimum Gasteiger partial charge on any atom is -0.314 e. The molecule has 1 saturated carbocycles. The molecule has 1 N–H and O–H groups in total. The van der Waals surface area contributed by atoms with Gasteiger partial charge in [0.25, 0.3) is 0 Å². The summed E-state index contributed by atoms with van der Waals surface area (Å²) in [7, 11) is 0. The van der Waals surface area contributed by atoms with Gasteiger partial charge in [0.1, 0.15) is 11.6 Å². The lowest BCUT2D eigenvalue weighted by Crippen LogP contribution is -2.48. The molecule has 1 heterocycles. The van der Waals surface area contributed by atoms with Gasteiger partial charge in [-0.3, -0.25) is 4.90 Å². The number of piperazine rings is 1. The lowest BCUT2D eigenvalue weighted by Gasteiger charge is -2.43. The summed E-state index contributed by atoms with van der Waals surface area (Å²) in [6.07, 6.45) is 3.35. The quantitative estimate of drug-likeness (QED) is 0.919. The Bertz CT molecular complexity index is 485. The van der Waals surface area contributed by atoms with Gasteiger partial charge < -0.3 is 5.32 Å². The summed E-state index contributed by atoms with van der Waals surface area (Å²) in [6, 6.07) is 2.86. The molecule has 1 aliphatic heterocycles. The first-order chi connectivity index (χ1) is 9.68. The summed E-state index contributed by atoms with van der Waals surface area (Å²) in [4.78, 5) is 2.27. The molecule has 1 aliphatic carbocycles. The topological polar surface area (TPSA) is 15.3 Å². The molecule has 5 heteroatoms. The molecular weight excluding hydrogens is 294 g/mol. The molecule has 1 aromatic carbocycles. The Kier molecular flexibility index (Phi) is 5.58. The van der Waals surface area contributed by atoms with Crippen molar-refractivity contribution >= 4 is 12.4 Å². The van der Waals surface area contributed by atoms with Crippen LogP contribution in [0.5, 0.6) is 0 Å². The van der Waals surface area contributed by atoms with Gasteiger partial charge in [0.15, 0.2) is 0 Å². The number of benzene rings is 1. The summed E-state index contributed by atoms with van der Waals surface area (Å²) in [6.45, 7) is 5.26. The van der Waals surface area contributed by atoms with Crippen molar-refractivity contribution in [3.63, 3.8) is 0 Å². The van der Waals surface area contributed by atoms with E-state index in [1.807, 2.05) is 0 Å². The second kappa shape index (κ2) is 7.03. The number of nitrogens with zero attached hydrogens (tertiary/aromatic N) is 1. The Morgan fingerprint density at radius 1 is 1.19 bits per heavy atom. The van der Waals surface area contributed by atoms with Crippen LogP contribution in [0.4, 0.5) is 8.78 Å². The van der Waals surface area contributed by atoms with Gasteiger partial charge in [-0.15, -0.1) is 12.4 Å². The molecule has 2 aliphatic rings. The van der Waals surface area contributed by atoms with E-state index in [2.05, 4.69) is 10.2 Å². The third-order valence-electron chi connectivity index (χ3n) is 4.76. The van der Waals surface area contributed by atoms with Gasteiger partial charge in [-0.05, 0) is 37.3 Å². The SMILES string of the molecule is Cc1ccc(F)c([C@H](C2CCC2)N2CCNCC2)c1F.Cl. The van der Waals surface area contributed by atoms with Crippen molar-refractivity contribution in [2.45, 2.75) is 32.2 Å². The van der Waals surface area contributed by atoms with Gasteiger partial charge in [-0.25, -0.2) is 8.78 Å². The van der Waals surface area contributed by atoms with Crippen molar-refractivity contribution in [2.24, 2.45) is 5.92 Å². The number of nitrogens with one attached hydrogen (secondary N) is 1. The Hall–Kier alpha value is -0.710. The number of rotatable bonds is 3. The van der Waals surface area contributed by atoms with Crippen molar-refractivity contribution in [2.75, 3.05) is 26.2 Å².